The van der Waals surface area contributed by atoms with Crippen molar-refractivity contribution in [3.63, 3.8) is 0 Å². The second-order valence-corrected chi connectivity index (χ2v) is 6.32. The van der Waals surface area contributed by atoms with E-state index in [-0.39, 0.29) is 11.6 Å². The number of aliphatic imine (C=N–C) groups is 1. The lowest BCUT2D eigenvalue weighted by atomic mass is 10.2. The molecule has 0 radical (unpaired) electrons. The minimum absolute atomic E-state index is 0.263. The molecule has 1 aliphatic rings. The summed E-state index contributed by atoms with van der Waals surface area (Å²) in [5, 5.41) is 7.18. The molecule has 116 valence electrons. The molecule has 0 bridgehead atoms. The maximum atomic E-state index is 13.6. The first kappa shape index (κ1) is 15.9. The van der Waals surface area contributed by atoms with Crippen molar-refractivity contribution in [2.24, 2.45) is 4.99 Å². The molecule has 1 aromatic rings. The highest BCUT2D eigenvalue weighted by Crippen LogP contribution is 2.25. The van der Waals surface area contributed by atoms with Crippen molar-refractivity contribution in [2.75, 3.05) is 26.5 Å². The van der Waals surface area contributed by atoms with Crippen molar-refractivity contribution < 1.29 is 9.13 Å². The first-order valence-corrected chi connectivity index (χ1v) is 8.16. The standard InChI is InChI=1S/C15H22FN3OS/c1-17-15(19-10-12-4-3-7-21-12)18-9-11-5-6-14(20-2)13(16)8-11/h5-6,8,12H,3-4,7,9-10H2,1-2H3,(H2,17,18,19). The molecule has 6 heteroatoms. The number of nitrogens with one attached hydrogen (secondary N) is 2. The Kier molecular flexibility index (Phi) is 6.17. The molecule has 1 aromatic carbocycles. The number of hydrogen-bond acceptors (Lipinski definition) is 3. The number of benzene rings is 1. The van der Waals surface area contributed by atoms with E-state index in [1.54, 1.807) is 13.1 Å². The van der Waals surface area contributed by atoms with Crippen LogP contribution in [0.1, 0.15) is 18.4 Å². The Labute approximate surface area is 129 Å². The van der Waals surface area contributed by atoms with Crippen LogP contribution < -0.4 is 15.4 Å². The monoisotopic (exact) mass is 311 g/mol. The fraction of sp³-hybridized carbons (Fsp3) is 0.533. The summed E-state index contributed by atoms with van der Waals surface area (Å²) in [6.07, 6.45) is 2.56. The summed E-state index contributed by atoms with van der Waals surface area (Å²) < 4.78 is 18.5. The molecule has 0 aromatic heterocycles. The number of halogens is 1. The molecule has 1 saturated heterocycles. The minimum atomic E-state index is -0.345. The topological polar surface area (TPSA) is 45.7 Å². The number of ether oxygens (including phenoxy) is 1. The molecule has 1 unspecified atom stereocenters. The number of methoxy groups -OCH3 is 1. The fourth-order valence-electron chi connectivity index (χ4n) is 2.24. The molecule has 1 fully saturated rings. The number of hydrogen-bond donors (Lipinski definition) is 2. The number of rotatable bonds is 5. The van der Waals surface area contributed by atoms with Crippen molar-refractivity contribution in [1.29, 1.82) is 0 Å². The molecule has 21 heavy (non-hydrogen) atoms. The van der Waals surface area contributed by atoms with Crippen molar-refractivity contribution in [2.45, 2.75) is 24.6 Å². The van der Waals surface area contributed by atoms with Crippen LogP contribution in [-0.2, 0) is 6.54 Å². The average molecular weight is 311 g/mol. The maximum Gasteiger partial charge on any atom is 0.191 e. The SMILES string of the molecule is CN=C(NCc1ccc(OC)c(F)c1)NCC1CCCS1. The van der Waals surface area contributed by atoms with Gasteiger partial charge in [0.25, 0.3) is 0 Å². The maximum absolute atomic E-state index is 13.6. The molecular weight excluding hydrogens is 289 g/mol. The Morgan fingerprint density at radius 3 is 2.95 bits per heavy atom. The van der Waals surface area contributed by atoms with Gasteiger partial charge in [0, 0.05) is 25.4 Å². The van der Waals surface area contributed by atoms with Crippen LogP contribution in [0, 0.1) is 5.82 Å². The predicted octanol–water partition coefficient (Wildman–Crippen LogP) is 2.39. The van der Waals surface area contributed by atoms with E-state index in [0.717, 1.165) is 18.1 Å². The second kappa shape index (κ2) is 8.12. The first-order chi connectivity index (χ1) is 10.2. The Balaban J connectivity index is 1.80. The number of guanidine groups is 1. The van der Waals surface area contributed by atoms with Gasteiger partial charge in [0.15, 0.2) is 17.5 Å². The molecule has 1 heterocycles. The van der Waals surface area contributed by atoms with Gasteiger partial charge in [0.1, 0.15) is 0 Å². The minimum Gasteiger partial charge on any atom is -0.494 e. The van der Waals surface area contributed by atoms with Crippen LogP contribution in [0.25, 0.3) is 0 Å². The van der Waals surface area contributed by atoms with Gasteiger partial charge in [-0.15, -0.1) is 0 Å². The highest BCUT2D eigenvalue weighted by atomic mass is 32.2. The zero-order chi connectivity index (χ0) is 15.1. The van der Waals surface area contributed by atoms with Gasteiger partial charge >= 0.3 is 0 Å². The largest absolute Gasteiger partial charge is 0.494 e. The normalized spacial score (nSPS) is 18.6. The molecule has 1 aliphatic heterocycles. The molecule has 0 spiro atoms. The Bertz CT molecular complexity index is 490. The van der Waals surface area contributed by atoms with Crippen LogP contribution >= 0.6 is 11.8 Å². The number of thioether (sulfide) groups is 1. The molecule has 1 atom stereocenters. The summed E-state index contributed by atoms with van der Waals surface area (Å²) in [5.74, 6) is 1.92. The van der Waals surface area contributed by atoms with Crippen molar-refractivity contribution >= 4 is 17.7 Å². The van der Waals surface area contributed by atoms with E-state index in [0.29, 0.717) is 11.8 Å². The van der Waals surface area contributed by atoms with E-state index in [2.05, 4.69) is 15.6 Å². The van der Waals surface area contributed by atoms with E-state index >= 15 is 0 Å². The molecule has 2 N–H and O–H groups in total. The van der Waals surface area contributed by atoms with Crippen LogP contribution in [0.3, 0.4) is 0 Å². The highest BCUT2D eigenvalue weighted by Gasteiger charge is 2.15. The van der Waals surface area contributed by atoms with Crippen LogP contribution in [0.2, 0.25) is 0 Å². The molecular formula is C15H22FN3OS. The third-order valence-corrected chi connectivity index (χ3v) is 4.82. The van der Waals surface area contributed by atoms with E-state index in [1.165, 1.54) is 31.8 Å². The predicted molar refractivity (Wildman–Crippen MR) is 86.6 cm³/mol. The van der Waals surface area contributed by atoms with Crippen LogP contribution in [0.15, 0.2) is 23.2 Å². The Hall–Kier alpha value is -1.43. The van der Waals surface area contributed by atoms with Gasteiger partial charge in [-0.3, -0.25) is 4.99 Å². The van der Waals surface area contributed by atoms with Gasteiger partial charge in [0.2, 0.25) is 0 Å². The van der Waals surface area contributed by atoms with Gasteiger partial charge in [-0.1, -0.05) is 6.07 Å². The summed E-state index contributed by atoms with van der Waals surface area (Å²) >= 11 is 2.01. The summed E-state index contributed by atoms with van der Waals surface area (Å²) in [7, 11) is 3.20. The van der Waals surface area contributed by atoms with E-state index in [1.807, 2.05) is 17.8 Å². The Morgan fingerprint density at radius 2 is 2.33 bits per heavy atom. The van der Waals surface area contributed by atoms with Crippen molar-refractivity contribution in [1.82, 2.24) is 10.6 Å². The van der Waals surface area contributed by atoms with Gasteiger partial charge in [-0.2, -0.15) is 11.8 Å². The van der Waals surface area contributed by atoms with Crippen LogP contribution in [0.5, 0.6) is 5.75 Å². The zero-order valence-electron chi connectivity index (χ0n) is 12.5. The lowest BCUT2D eigenvalue weighted by Crippen LogP contribution is -2.39. The molecule has 0 amide bonds. The van der Waals surface area contributed by atoms with Crippen molar-refractivity contribution in [3.8, 4) is 5.75 Å². The van der Waals surface area contributed by atoms with Crippen LogP contribution in [-0.4, -0.2) is 37.7 Å². The van der Waals surface area contributed by atoms with Crippen LogP contribution in [0.4, 0.5) is 4.39 Å². The quantitative estimate of drug-likeness (QED) is 0.647. The van der Waals surface area contributed by atoms with E-state index in [9.17, 15) is 4.39 Å². The van der Waals surface area contributed by atoms with Gasteiger partial charge < -0.3 is 15.4 Å². The first-order valence-electron chi connectivity index (χ1n) is 7.11. The Morgan fingerprint density at radius 1 is 1.48 bits per heavy atom. The molecule has 2 rings (SSSR count). The van der Waals surface area contributed by atoms with Gasteiger partial charge in [-0.25, -0.2) is 4.39 Å². The lowest BCUT2D eigenvalue weighted by Gasteiger charge is -2.15. The summed E-state index contributed by atoms with van der Waals surface area (Å²) in [5.41, 5.74) is 0.853. The van der Waals surface area contributed by atoms with E-state index < -0.39 is 0 Å². The zero-order valence-corrected chi connectivity index (χ0v) is 13.3. The summed E-state index contributed by atoms with van der Waals surface area (Å²) in [6, 6.07) is 4.96. The lowest BCUT2D eigenvalue weighted by molar-refractivity contribution is 0.386. The summed E-state index contributed by atoms with van der Waals surface area (Å²) in [6.45, 7) is 1.44. The van der Waals surface area contributed by atoms with E-state index in [4.69, 9.17) is 4.74 Å². The smallest absolute Gasteiger partial charge is 0.191 e. The fourth-order valence-corrected chi connectivity index (χ4v) is 3.44. The molecule has 4 nitrogen and oxygen atoms in total. The van der Waals surface area contributed by atoms with Gasteiger partial charge in [0.05, 0.1) is 7.11 Å². The summed E-state index contributed by atoms with van der Waals surface area (Å²) in [4.78, 5) is 4.19. The van der Waals surface area contributed by atoms with Gasteiger partial charge in [-0.05, 0) is 36.3 Å². The molecule has 0 saturated carbocycles. The molecule has 0 aliphatic carbocycles. The average Bonchev–Trinajstić information content (AvgIpc) is 3.01. The second-order valence-electron chi connectivity index (χ2n) is 4.91. The number of nitrogens with zero attached hydrogens (tertiary/aromatic N) is 1. The third-order valence-electron chi connectivity index (χ3n) is 3.42. The highest BCUT2D eigenvalue weighted by molar-refractivity contribution is 8.00. The third kappa shape index (κ3) is 4.81. The van der Waals surface area contributed by atoms with Crippen molar-refractivity contribution in [3.05, 3.63) is 29.6 Å².